The van der Waals surface area contributed by atoms with E-state index >= 15 is 0 Å². The summed E-state index contributed by atoms with van der Waals surface area (Å²) in [5.41, 5.74) is 3.66. The van der Waals surface area contributed by atoms with E-state index in [9.17, 15) is 0 Å². The van der Waals surface area contributed by atoms with Crippen LogP contribution >= 0.6 is 0 Å². The predicted molar refractivity (Wildman–Crippen MR) is 118 cm³/mol. The first-order valence-electron chi connectivity index (χ1n) is 7.24. The molecule has 0 saturated heterocycles. The molecule has 0 fully saturated rings. The highest BCUT2D eigenvalue weighted by molar-refractivity contribution is 5.24. The first kappa shape index (κ1) is 38.0. The van der Waals surface area contributed by atoms with Gasteiger partial charge in [-0.05, 0) is 34.8 Å². The van der Waals surface area contributed by atoms with E-state index in [0.29, 0.717) is 10.8 Å². The Kier molecular flexibility index (Phi) is 26.6. The maximum absolute atomic E-state index is 2.29. The molecule has 0 aliphatic carbocycles. The van der Waals surface area contributed by atoms with Crippen LogP contribution in [0.2, 0.25) is 0 Å². The zero-order valence-corrected chi connectivity index (χ0v) is 13.7. The van der Waals surface area contributed by atoms with Gasteiger partial charge in [0.2, 0.25) is 0 Å². The molecule has 0 spiro atoms. The van der Waals surface area contributed by atoms with Gasteiger partial charge >= 0.3 is 0 Å². The maximum atomic E-state index is 2.29. The molecule has 0 N–H and O–H groups in total. The van der Waals surface area contributed by atoms with E-state index in [0.717, 1.165) is 12.8 Å². The summed E-state index contributed by atoms with van der Waals surface area (Å²) in [5, 5.41) is 0. The van der Waals surface area contributed by atoms with Crippen LogP contribution in [0.15, 0.2) is 24.3 Å². The molecule has 0 unspecified atom stereocenters. The van der Waals surface area contributed by atoms with Crippen molar-refractivity contribution < 1.29 is 0 Å². The molecule has 0 bridgehead atoms. The topological polar surface area (TPSA) is 0 Å². The van der Waals surface area contributed by atoms with E-state index in [1.165, 1.54) is 11.1 Å². The Morgan fingerprint density at radius 2 is 0.696 bits per heavy atom. The lowest BCUT2D eigenvalue weighted by Gasteiger charge is -2.20. The third kappa shape index (κ3) is 21.2. The van der Waals surface area contributed by atoms with Gasteiger partial charge in [0.15, 0.2) is 0 Å². The Hall–Kier alpha value is -0.780. The summed E-state index contributed by atoms with van der Waals surface area (Å²) in [7, 11) is 0. The SMILES string of the molecule is C.C.C.C.C.CC.CC(C)(C)Cc1ccc(CC(C)(C)C)cc1. The fraction of sp³-hybridized carbons (Fsp3) is 0.739. The third-order valence-corrected chi connectivity index (χ3v) is 2.49. The molecule has 0 aromatic heterocycles. The summed E-state index contributed by atoms with van der Waals surface area (Å²) < 4.78 is 0. The fourth-order valence-corrected chi connectivity index (χ4v) is 2.00. The summed E-state index contributed by atoms with van der Waals surface area (Å²) in [6.07, 6.45) is 2.31. The molecule has 0 heterocycles. The van der Waals surface area contributed by atoms with E-state index in [1.54, 1.807) is 0 Å². The summed E-state index contributed by atoms with van der Waals surface area (Å²) in [4.78, 5) is 0. The van der Waals surface area contributed by atoms with Gasteiger partial charge in [0.1, 0.15) is 0 Å². The van der Waals surface area contributed by atoms with E-state index in [-0.39, 0.29) is 37.1 Å². The molecule has 0 heteroatoms. The van der Waals surface area contributed by atoms with E-state index in [2.05, 4.69) is 65.8 Å². The molecular weight excluding hydrogens is 276 g/mol. The van der Waals surface area contributed by atoms with Gasteiger partial charge in [-0.3, -0.25) is 0 Å². The Balaban J connectivity index is -0.0000000992. The van der Waals surface area contributed by atoms with Crippen molar-refractivity contribution in [3.05, 3.63) is 35.4 Å². The second kappa shape index (κ2) is 16.1. The minimum absolute atomic E-state index is 0. The van der Waals surface area contributed by atoms with Gasteiger partial charge in [0, 0.05) is 0 Å². The molecule has 0 radical (unpaired) electrons. The Morgan fingerprint density at radius 1 is 0.522 bits per heavy atom. The highest BCUT2D eigenvalue weighted by atomic mass is 14.2. The van der Waals surface area contributed by atoms with Gasteiger partial charge in [-0.1, -0.05) is 117 Å². The molecule has 0 aliphatic rings. The average molecular weight is 329 g/mol. The average Bonchev–Trinajstić information content (AvgIpc) is 2.20. The van der Waals surface area contributed by atoms with Crippen molar-refractivity contribution in [2.45, 2.75) is 105 Å². The smallest absolute Gasteiger partial charge is 0.0230 e. The minimum Gasteiger partial charge on any atom is -0.0776 e. The van der Waals surface area contributed by atoms with E-state index in [1.807, 2.05) is 13.8 Å². The lowest BCUT2D eigenvalue weighted by molar-refractivity contribution is 0.407. The molecule has 1 rings (SSSR count). The largest absolute Gasteiger partial charge is 0.0776 e. The van der Waals surface area contributed by atoms with Crippen LogP contribution in [0.25, 0.3) is 0 Å². The van der Waals surface area contributed by atoms with Crippen LogP contribution in [0, 0.1) is 10.8 Å². The molecular formula is C23H52. The molecule has 0 nitrogen and oxygen atoms in total. The van der Waals surface area contributed by atoms with Crippen molar-refractivity contribution >= 4 is 0 Å². The van der Waals surface area contributed by atoms with E-state index < -0.39 is 0 Å². The monoisotopic (exact) mass is 328 g/mol. The zero-order chi connectivity index (χ0) is 14.4. The molecule has 23 heavy (non-hydrogen) atoms. The van der Waals surface area contributed by atoms with Crippen molar-refractivity contribution in [2.24, 2.45) is 10.8 Å². The van der Waals surface area contributed by atoms with Crippen molar-refractivity contribution in [2.75, 3.05) is 0 Å². The number of rotatable bonds is 2. The number of hydrogen-bond donors (Lipinski definition) is 0. The third-order valence-electron chi connectivity index (χ3n) is 2.49. The predicted octanol–water partition coefficient (Wildman–Crippen LogP) is 9.07. The standard InChI is InChI=1S/C16H26.C2H6.5CH4/c1-15(2,3)11-13-7-9-14(10-8-13)12-16(4,5)6;1-2;;;;;/h7-10H,11-12H2,1-6H3;1-2H3;5*1H4. The first-order valence-corrected chi connectivity index (χ1v) is 7.24. The van der Waals surface area contributed by atoms with Crippen molar-refractivity contribution in [3.8, 4) is 0 Å². The quantitative estimate of drug-likeness (QED) is 0.507. The van der Waals surface area contributed by atoms with Crippen LogP contribution in [0.3, 0.4) is 0 Å². The van der Waals surface area contributed by atoms with E-state index in [4.69, 9.17) is 0 Å². The molecule has 0 amide bonds. The fourth-order valence-electron chi connectivity index (χ4n) is 2.00. The van der Waals surface area contributed by atoms with Crippen molar-refractivity contribution in [1.29, 1.82) is 0 Å². The van der Waals surface area contributed by atoms with Crippen LogP contribution in [0.5, 0.6) is 0 Å². The lowest BCUT2D eigenvalue weighted by Crippen LogP contribution is -2.10. The second-order valence-electron chi connectivity index (χ2n) is 7.29. The Bertz CT molecular complexity index is 282. The van der Waals surface area contributed by atoms with Gasteiger partial charge in [-0.25, -0.2) is 0 Å². The van der Waals surface area contributed by atoms with Gasteiger partial charge < -0.3 is 0 Å². The van der Waals surface area contributed by atoms with Crippen LogP contribution < -0.4 is 0 Å². The van der Waals surface area contributed by atoms with Gasteiger partial charge in [-0.2, -0.15) is 0 Å². The summed E-state index contributed by atoms with van der Waals surface area (Å²) in [5.74, 6) is 0. The summed E-state index contributed by atoms with van der Waals surface area (Å²) in [6.45, 7) is 17.7. The highest BCUT2D eigenvalue weighted by Crippen LogP contribution is 2.23. The van der Waals surface area contributed by atoms with Gasteiger partial charge in [0.05, 0.1) is 0 Å². The van der Waals surface area contributed by atoms with Gasteiger partial charge in [0.25, 0.3) is 0 Å². The molecule has 1 aromatic carbocycles. The minimum atomic E-state index is 0. The normalized spacial score (nSPS) is 9.22. The van der Waals surface area contributed by atoms with Crippen molar-refractivity contribution in [1.82, 2.24) is 0 Å². The second-order valence-corrected chi connectivity index (χ2v) is 7.29. The molecule has 1 aromatic rings. The molecule has 144 valence electrons. The summed E-state index contributed by atoms with van der Waals surface area (Å²) >= 11 is 0. The zero-order valence-electron chi connectivity index (χ0n) is 13.7. The van der Waals surface area contributed by atoms with Crippen LogP contribution in [0.4, 0.5) is 0 Å². The lowest BCUT2D eigenvalue weighted by atomic mass is 9.85. The van der Waals surface area contributed by atoms with Crippen LogP contribution in [0.1, 0.15) is 104 Å². The Labute approximate surface area is 152 Å². The molecule has 0 saturated carbocycles. The Morgan fingerprint density at radius 3 is 0.826 bits per heavy atom. The number of hydrogen-bond acceptors (Lipinski definition) is 0. The first-order chi connectivity index (χ1) is 8.16. The van der Waals surface area contributed by atoms with Crippen LogP contribution in [-0.2, 0) is 12.8 Å². The van der Waals surface area contributed by atoms with Crippen molar-refractivity contribution in [3.63, 3.8) is 0 Å². The highest BCUT2D eigenvalue weighted by Gasteiger charge is 2.13. The summed E-state index contributed by atoms with van der Waals surface area (Å²) in [6, 6.07) is 9.14. The molecule has 0 atom stereocenters. The number of benzene rings is 1. The molecule has 0 aliphatic heterocycles. The maximum Gasteiger partial charge on any atom is -0.0230 e. The van der Waals surface area contributed by atoms with Gasteiger partial charge in [-0.15, -0.1) is 0 Å². The van der Waals surface area contributed by atoms with Crippen LogP contribution in [-0.4, -0.2) is 0 Å².